The molecule has 0 amide bonds. The van der Waals surface area contributed by atoms with Crippen LogP contribution in [0.4, 0.5) is 17.1 Å². The summed E-state index contributed by atoms with van der Waals surface area (Å²) in [5, 5.41) is 8.51. The van der Waals surface area contributed by atoms with Gasteiger partial charge in [0.25, 0.3) is 0 Å². The molecule has 0 aliphatic carbocycles. The summed E-state index contributed by atoms with van der Waals surface area (Å²) in [6, 6.07) is 23.9. The van der Waals surface area contributed by atoms with E-state index in [1.807, 2.05) is 48.5 Å². The van der Waals surface area contributed by atoms with Gasteiger partial charge in [-0.05, 0) is 67.1 Å². The van der Waals surface area contributed by atoms with E-state index in [0.717, 1.165) is 67.4 Å². The number of piperazine rings is 1. The normalized spacial score (nSPS) is 19.6. The summed E-state index contributed by atoms with van der Waals surface area (Å²) in [6.07, 6.45) is 6.43. The van der Waals surface area contributed by atoms with E-state index in [9.17, 15) is 4.79 Å². The van der Waals surface area contributed by atoms with E-state index in [4.69, 9.17) is 19.9 Å². The van der Waals surface area contributed by atoms with E-state index in [0.29, 0.717) is 32.0 Å². The molecule has 3 aromatic carbocycles. The number of benzene rings is 3. The number of unbranched alkanes of at least 4 members (excludes halogenated alkanes) is 1. The van der Waals surface area contributed by atoms with Gasteiger partial charge in [0.05, 0.1) is 12.3 Å². The van der Waals surface area contributed by atoms with Gasteiger partial charge in [-0.25, -0.2) is 23.7 Å². The Balaban J connectivity index is 0.910. The van der Waals surface area contributed by atoms with Crippen molar-refractivity contribution in [1.82, 2.24) is 29.1 Å². The molecule has 7 rings (SSSR count). The molecule has 48 heavy (non-hydrogen) atoms. The number of nitrogens with two attached hydrogens (primary N) is 1. The van der Waals surface area contributed by atoms with Gasteiger partial charge in [-0.1, -0.05) is 25.5 Å². The minimum absolute atomic E-state index is 0.0992. The first-order valence-corrected chi connectivity index (χ1v) is 16.5. The number of aryl methyl sites for hydroxylation is 1. The molecule has 0 bridgehead atoms. The van der Waals surface area contributed by atoms with Gasteiger partial charge in [0.2, 0.25) is 5.79 Å². The minimum Gasteiger partial charge on any atom is -0.491 e. The molecule has 2 fully saturated rings. The fraction of sp³-hybridized carbons (Fsp3) is 0.371. The van der Waals surface area contributed by atoms with E-state index >= 15 is 0 Å². The zero-order valence-electron chi connectivity index (χ0n) is 27.1. The molecule has 2 aliphatic rings. The molecule has 5 aromatic rings. The van der Waals surface area contributed by atoms with Crippen LogP contribution in [-0.2, 0) is 28.4 Å². The van der Waals surface area contributed by atoms with Crippen LogP contribution in [0.25, 0.3) is 5.69 Å². The Morgan fingerprint density at radius 1 is 0.875 bits per heavy atom. The number of aromatic nitrogens is 6. The SMILES string of the molecule is CCCCn1ncn(-c2ccc(N3CCN(c4ccc(OC[C@@H]5CO[C@@](Cn6cncn6)(c6ccc(N)cc6)O5)cc4)CC3)cc2)c1=O. The second kappa shape index (κ2) is 13.9. The van der Waals surface area contributed by atoms with Crippen molar-refractivity contribution < 1.29 is 14.2 Å². The molecule has 2 N–H and O–H groups in total. The highest BCUT2D eigenvalue weighted by Gasteiger charge is 2.44. The van der Waals surface area contributed by atoms with Gasteiger partial charge in [-0.2, -0.15) is 10.2 Å². The lowest BCUT2D eigenvalue weighted by molar-refractivity contribution is -0.190. The Kier molecular flexibility index (Phi) is 9.12. The fourth-order valence-corrected chi connectivity index (χ4v) is 6.20. The van der Waals surface area contributed by atoms with Crippen LogP contribution in [0.5, 0.6) is 5.75 Å². The molecule has 0 unspecified atom stereocenters. The maximum absolute atomic E-state index is 12.7. The fourth-order valence-electron chi connectivity index (χ4n) is 6.20. The quantitative estimate of drug-likeness (QED) is 0.199. The summed E-state index contributed by atoms with van der Waals surface area (Å²) < 4.78 is 23.7. The van der Waals surface area contributed by atoms with Crippen molar-refractivity contribution in [3.05, 3.63) is 108 Å². The van der Waals surface area contributed by atoms with Crippen molar-refractivity contribution >= 4 is 17.1 Å². The lowest BCUT2D eigenvalue weighted by Gasteiger charge is -2.37. The average molecular weight is 652 g/mol. The highest BCUT2D eigenvalue weighted by molar-refractivity contribution is 5.54. The first-order valence-electron chi connectivity index (χ1n) is 16.5. The van der Waals surface area contributed by atoms with Crippen molar-refractivity contribution in [2.45, 2.75) is 44.7 Å². The summed E-state index contributed by atoms with van der Waals surface area (Å²) in [7, 11) is 0. The van der Waals surface area contributed by atoms with Crippen molar-refractivity contribution in [1.29, 1.82) is 0 Å². The Bertz CT molecular complexity index is 1810. The Hall–Kier alpha value is -5.14. The van der Waals surface area contributed by atoms with Gasteiger partial charge in [0.15, 0.2) is 0 Å². The van der Waals surface area contributed by atoms with Gasteiger partial charge in [0.1, 0.15) is 44.0 Å². The minimum atomic E-state index is -1.01. The zero-order valence-corrected chi connectivity index (χ0v) is 27.1. The number of anilines is 3. The van der Waals surface area contributed by atoms with Gasteiger partial charge in [0, 0.05) is 55.3 Å². The predicted octanol–water partition coefficient (Wildman–Crippen LogP) is 3.68. The van der Waals surface area contributed by atoms with Gasteiger partial charge in [-0.15, -0.1) is 0 Å². The van der Waals surface area contributed by atoms with Crippen molar-refractivity contribution in [2.24, 2.45) is 0 Å². The number of ether oxygens (including phenoxy) is 3. The summed E-state index contributed by atoms with van der Waals surface area (Å²) in [6.45, 7) is 7.43. The van der Waals surface area contributed by atoms with Gasteiger partial charge >= 0.3 is 5.69 Å². The third kappa shape index (κ3) is 6.78. The summed E-state index contributed by atoms with van der Waals surface area (Å²) in [5.74, 6) is -0.237. The first-order chi connectivity index (χ1) is 23.5. The molecule has 250 valence electrons. The molecule has 0 saturated carbocycles. The maximum Gasteiger partial charge on any atom is 0.350 e. The number of hydrogen-bond donors (Lipinski definition) is 1. The van der Waals surface area contributed by atoms with E-state index < -0.39 is 5.79 Å². The molecular weight excluding hydrogens is 610 g/mol. The molecule has 2 aromatic heterocycles. The molecule has 4 heterocycles. The van der Waals surface area contributed by atoms with Crippen LogP contribution < -0.4 is 26.0 Å². The van der Waals surface area contributed by atoms with Gasteiger partial charge < -0.3 is 29.7 Å². The first kappa shape index (κ1) is 31.5. The monoisotopic (exact) mass is 651 g/mol. The second-order valence-corrected chi connectivity index (χ2v) is 12.2. The van der Waals surface area contributed by atoms with E-state index in [-0.39, 0.29) is 11.8 Å². The molecule has 2 aliphatic heterocycles. The van der Waals surface area contributed by atoms with E-state index in [2.05, 4.69) is 56.2 Å². The van der Waals surface area contributed by atoms with Crippen LogP contribution in [0.1, 0.15) is 25.3 Å². The number of nitrogen functional groups attached to an aromatic ring is 1. The van der Waals surface area contributed by atoms with Crippen molar-refractivity contribution in [3.63, 3.8) is 0 Å². The van der Waals surface area contributed by atoms with Gasteiger partial charge in [-0.3, -0.25) is 0 Å². The highest BCUT2D eigenvalue weighted by atomic mass is 16.8. The topological polar surface area (TPSA) is 131 Å². The molecule has 2 atom stereocenters. The van der Waals surface area contributed by atoms with Crippen molar-refractivity contribution in [3.8, 4) is 11.4 Å². The molecular formula is C35H41N9O4. The van der Waals surface area contributed by atoms with Crippen LogP contribution in [0.15, 0.2) is 96.6 Å². The zero-order chi connectivity index (χ0) is 32.9. The van der Waals surface area contributed by atoms with Crippen LogP contribution in [-0.4, -0.2) is 74.6 Å². The smallest absolute Gasteiger partial charge is 0.350 e. The predicted molar refractivity (Wildman–Crippen MR) is 182 cm³/mol. The maximum atomic E-state index is 12.7. The molecule has 2 saturated heterocycles. The van der Waals surface area contributed by atoms with Crippen LogP contribution >= 0.6 is 0 Å². The lowest BCUT2D eigenvalue weighted by atomic mass is 10.1. The largest absolute Gasteiger partial charge is 0.491 e. The lowest BCUT2D eigenvalue weighted by Crippen LogP contribution is -2.46. The molecule has 13 heteroatoms. The standard InChI is InChI=1S/C35H41N9O4/c1-2-3-16-44-34(45)43(26-39-44)31-10-8-29(9-11-31)40-17-19-41(20-18-40)30-12-14-32(15-13-30)46-21-33-22-47-35(48-33,23-42-25-37-24-38-42)27-4-6-28(36)7-5-27/h4-15,24-26,33H,2-3,16-23,36H2,1H3/t33-,35-/m1/s1. The van der Waals surface area contributed by atoms with Crippen LogP contribution in [0, 0.1) is 0 Å². The number of nitrogens with zero attached hydrogens (tertiary/aromatic N) is 8. The Morgan fingerprint density at radius 3 is 2.19 bits per heavy atom. The summed E-state index contributed by atoms with van der Waals surface area (Å²) in [4.78, 5) is 21.5. The average Bonchev–Trinajstić information content (AvgIpc) is 3.88. The molecule has 0 radical (unpaired) electrons. The third-order valence-electron chi connectivity index (χ3n) is 8.91. The number of hydrogen-bond acceptors (Lipinski definition) is 10. The highest BCUT2D eigenvalue weighted by Crippen LogP contribution is 2.36. The summed E-state index contributed by atoms with van der Waals surface area (Å²) >= 11 is 0. The molecule has 13 nitrogen and oxygen atoms in total. The number of rotatable bonds is 12. The van der Waals surface area contributed by atoms with E-state index in [1.165, 1.54) is 11.0 Å². The summed E-state index contributed by atoms with van der Waals surface area (Å²) in [5.41, 5.74) is 10.5. The van der Waals surface area contributed by atoms with Crippen LogP contribution in [0.3, 0.4) is 0 Å². The Labute approximate surface area is 279 Å². The Morgan fingerprint density at radius 2 is 1.54 bits per heavy atom. The third-order valence-corrected chi connectivity index (χ3v) is 8.91. The van der Waals surface area contributed by atoms with E-state index in [1.54, 1.807) is 21.9 Å². The van der Waals surface area contributed by atoms with Crippen LogP contribution in [0.2, 0.25) is 0 Å². The molecule has 0 spiro atoms. The van der Waals surface area contributed by atoms with Crippen molar-refractivity contribution in [2.75, 3.05) is 54.9 Å². The second-order valence-electron chi connectivity index (χ2n) is 12.2.